The van der Waals surface area contributed by atoms with Crippen LogP contribution in [-0.2, 0) is 9.59 Å². The Labute approximate surface area is 179 Å². The van der Waals surface area contributed by atoms with Crippen molar-refractivity contribution in [1.82, 2.24) is 4.90 Å². The quantitative estimate of drug-likeness (QED) is 0.767. The fourth-order valence-corrected chi connectivity index (χ4v) is 4.08. The SMILES string of the molecule is CN1CCN(c2ccc(NC(=O)C3CC(=O)N(c4ccc(Br)cc4)C3)cc2)CC1. The van der Waals surface area contributed by atoms with Crippen LogP contribution in [0.15, 0.2) is 53.0 Å². The number of nitrogens with one attached hydrogen (secondary N) is 1. The van der Waals surface area contributed by atoms with Gasteiger partial charge in [-0.05, 0) is 55.6 Å². The van der Waals surface area contributed by atoms with Gasteiger partial charge in [0.25, 0.3) is 0 Å². The lowest BCUT2D eigenvalue weighted by atomic mass is 10.1. The topological polar surface area (TPSA) is 55.9 Å². The predicted octanol–water partition coefficient (Wildman–Crippen LogP) is 3.19. The molecule has 7 heteroatoms. The molecule has 2 aromatic carbocycles. The zero-order valence-electron chi connectivity index (χ0n) is 16.5. The number of nitrogens with zero attached hydrogens (tertiary/aromatic N) is 3. The van der Waals surface area contributed by atoms with E-state index in [0.717, 1.165) is 42.0 Å². The Balaban J connectivity index is 1.35. The molecule has 6 nitrogen and oxygen atoms in total. The van der Waals surface area contributed by atoms with Crippen molar-refractivity contribution < 1.29 is 9.59 Å². The number of hydrogen-bond donors (Lipinski definition) is 1. The maximum Gasteiger partial charge on any atom is 0.229 e. The molecule has 1 unspecified atom stereocenters. The van der Waals surface area contributed by atoms with Gasteiger partial charge in [-0.3, -0.25) is 9.59 Å². The molecule has 2 saturated heterocycles. The van der Waals surface area contributed by atoms with Gasteiger partial charge in [0, 0.05) is 60.7 Å². The molecule has 2 aliphatic rings. The highest BCUT2D eigenvalue weighted by molar-refractivity contribution is 9.10. The Bertz CT molecular complexity index is 877. The second kappa shape index (κ2) is 8.55. The molecule has 2 fully saturated rings. The highest BCUT2D eigenvalue weighted by atomic mass is 79.9. The summed E-state index contributed by atoms with van der Waals surface area (Å²) in [6.07, 6.45) is 0.237. The van der Waals surface area contributed by atoms with Gasteiger partial charge < -0.3 is 20.0 Å². The van der Waals surface area contributed by atoms with Gasteiger partial charge in [-0.1, -0.05) is 15.9 Å². The van der Waals surface area contributed by atoms with Crippen molar-refractivity contribution >= 4 is 44.8 Å². The van der Waals surface area contributed by atoms with Gasteiger partial charge in [-0.2, -0.15) is 0 Å². The van der Waals surface area contributed by atoms with Crippen LogP contribution in [0.4, 0.5) is 17.1 Å². The molecule has 0 saturated carbocycles. The van der Waals surface area contributed by atoms with Crippen LogP contribution in [0.25, 0.3) is 0 Å². The molecule has 0 aliphatic carbocycles. The van der Waals surface area contributed by atoms with Crippen LogP contribution in [0.3, 0.4) is 0 Å². The largest absolute Gasteiger partial charge is 0.369 e. The van der Waals surface area contributed by atoms with E-state index in [1.165, 1.54) is 5.69 Å². The summed E-state index contributed by atoms with van der Waals surface area (Å²) in [6.45, 7) is 4.55. The number of anilines is 3. The van der Waals surface area contributed by atoms with E-state index in [-0.39, 0.29) is 24.2 Å². The third-order valence-electron chi connectivity index (χ3n) is 5.64. The van der Waals surface area contributed by atoms with Crippen molar-refractivity contribution in [3.63, 3.8) is 0 Å². The molecule has 152 valence electrons. The zero-order valence-corrected chi connectivity index (χ0v) is 18.1. The minimum absolute atomic E-state index is 0.0158. The molecule has 1 N–H and O–H groups in total. The van der Waals surface area contributed by atoms with Gasteiger partial charge >= 0.3 is 0 Å². The van der Waals surface area contributed by atoms with E-state index in [4.69, 9.17) is 0 Å². The van der Waals surface area contributed by atoms with Gasteiger partial charge in [0.15, 0.2) is 0 Å². The Hall–Kier alpha value is -2.38. The maximum absolute atomic E-state index is 12.7. The summed E-state index contributed by atoms with van der Waals surface area (Å²) in [5.41, 5.74) is 2.76. The van der Waals surface area contributed by atoms with Gasteiger partial charge in [-0.25, -0.2) is 0 Å². The monoisotopic (exact) mass is 456 g/mol. The molecule has 2 amide bonds. The lowest BCUT2D eigenvalue weighted by molar-refractivity contribution is -0.122. The van der Waals surface area contributed by atoms with Crippen LogP contribution in [-0.4, -0.2) is 56.5 Å². The van der Waals surface area contributed by atoms with Crippen LogP contribution in [0.2, 0.25) is 0 Å². The maximum atomic E-state index is 12.7. The number of carbonyl (C=O) groups is 2. The molecule has 0 aromatic heterocycles. The standard InChI is InChI=1S/C22H25BrN4O2/c1-25-10-12-26(13-11-25)19-8-4-18(5-9-19)24-22(29)16-14-21(28)27(15-16)20-6-2-17(23)3-7-20/h2-9,16H,10-15H2,1H3,(H,24,29). The summed E-state index contributed by atoms with van der Waals surface area (Å²) < 4.78 is 0.960. The number of likely N-dealkylation sites (N-methyl/N-ethyl adjacent to an activating group) is 1. The number of benzene rings is 2. The first-order valence-electron chi connectivity index (χ1n) is 9.90. The van der Waals surface area contributed by atoms with Crippen LogP contribution < -0.4 is 15.1 Å². The summed E-state index contributed by atoms with van der Waals surface area (Å²) in [5.74, 6) is -0.466. The Morgan fingerprint density at radius 2 is 1.59 bits per heavy atom. The summed E-state index contributed by atoms with van der Waals surface area (Å²) in [4.78, 5) is 31.5. The molecule has 1 atom stereocenters. The second-order valence-electron chi connectivity index (χ2n) is 7.71. The minimum Gasteiger partial charge on any atom is -0.369 e. The van der Waals surface area contributed by atoms with Crippen LogP contribution in [0, 0.1) is 5.92 Å². The fraction of sp³-hybridized carbons (Fsp3) is 0.364. The van der Waals surface area contributed by atoms with Gasteiger partial charge in [-0.15, -0.1) is 0 Å². The lowest BCUT2D eigenvalue weighted by Crippen LogP contribution is -2.44. The van der Waals surface area contributed by atoms with E-state index in [9.17, 15) is 9.59 Å². The third-order valence-corrected chi connectivity index (χ3v) is 6.17. The van der Waals surface area contributed by atoms with E-state index < -0.39 is 0 Å². The van der Waals surface area contributed by atoms with Crippen molar-refractivity contribution in [1.29, 1.82) is 0 Å². The first-order valence-corrected chi connectivity index (χ1v) is 10.7. The molecular formula is C22H25BrN4O2. The van der Waals surface area contributed by atoms with Crippen molar-refractivity contribution in [2.75, 3.05) is 54.9 Å². The van der Waals surface area contributed by atoms with E-state index in [1.807, 2.05) is 36.4 Å². The Morgan fingerprint density at radius 3 is 2.24 bits per heavy atom. The smallest absolute Gasteiger partial charge is 0.229 e. The molecule has 0 spiro atoms. The molecule has 0 radical (unpaired) electrons. The van der Waals surface area contributed by atoms with Gasteiger partial charge in [0.2, 0.25) is 11.8 Å². The van der Waals surface area contributed by atoms with Crippen molar-refractivity contribution in [3.05, 3.63) is 53.0 Å². The molecule has 29 heavy (non-hydrogen) atoms. The van der Waals surface area contributed by atoms with E-state index in [1.54, 1.807) is 4.90 Å². The van der Waals surface area contributed by atoms with Gasteiger partial charge in [0.05, 0.1) is 5.92 Å². The third kappa shape index (κ3) is 4.62. The normalized spacial score (nSPS) is 20.2. The van der Waals surface area contributed by atoms with Gasteiger partial charge in [0.1, 0.15) is 0 Å². The summed E-state index contributed by atoms with van der Waals surface area (Å²) in [7, 11) is 2.14. The van der Waals surface area contributed by atoms with Crippen molar-refractivity contribution in [3.8, 4) is 0 Å². The van der Waals surface area contributed by atoms with Crippen LogP contribution in [0.1, 0.15) is 6.42 Å². The van der Waals surface area contributed by atoms with Crippen LogP contribution >= 0.6 is 15.9 Å². The van der Waals surface area contributed by atoms with E-state index in [2.05, 4.69) is 50.2 Å². The number of carbonyl (C=O) groups excluding carboxylic acids is 2. The fourth-order valence-electron chi connectivity index (χ4n) is 3.82. The number of hydrogen-bond acceptors (Lipinski definition) is 4. The number of amides is 2. The second-order valence-corrected chi connectivity index (χ2v) is 8.62. The molecule has 2 aromatic rings. The number of rotatable bonds is 4. The Morgan fingerprint density at radius 1 is 0.966 bits per heavy atom. The first kappa shape index (κ1) is 19.9. The molecule has 2 heterocycles. The van der Waals surface area contributed by atoms with Crippen LogP contribution in [0.5, 0.6) is 0 Å². The average molecular weight is 457 g/mol. The number of piperazine rings is 1. The lowest BCUT2D eigenvalue weighted by Gasteiger charge is -2.34. The zero-order chi connectivity index (χ0) is 20.4. The molecule has 0 bridgehead atoms. The summed E-state index contributed by atoms with van der Waals surface area (Å²) >= 11 is 3.40. The van der Waals surface area contributed by atoms with E-state index >= 15 is 0 Å². The van der Waals surface area contributed by atoms with E-state index in [0.29, 0.717) is 6.54 Å². The van der Waals surface area contributed by atoms with Crippen molar-refractivity contribution in [2.45, 2.75) is 6.42 Å². The summed E-state index contributed by atoms with van der Waals surface area (Å²) in [6, 6.07) is 15.6. The number of halogens is 1. The molecule has 4 rings (SSSR count). The highest BCUT2D eigenvalue weighted by Crippen LogP contribution is 2.27. The predicted molar refractivity (Wildman–Crippen MR) is 119 cm³/mol. The average Bonchev–Trinajstić information content (AvgIpc) is 3.12. The molecular weight excluding hydrogens is 432 g/mol. The minimum atomic E-state index is -0.344. The first-order chi connectivity index (χ1) is 14.0. The Kier molecular flexibility index (Phi) is 5.87. The van der Waals surface area contributed by atoms with Crippen molar-refractivity contribution in [2.24, 2.45) is 5.92 Å². The summed E-state index contributed by atoms with van der Waals surface area (Å²) in [5, 5.41) is 2.97. The molecule has 2 aliphatic heterocycles. The highest BCUT2D eigenvalue weighted by Gasteiger charge is 2.35.